The van der Waals surface area contributed by atoms with Crippen molar-refractivity contribution in [1.29, 1.82) is 0 Å². The summed E-state index contributed by atoms with van der Waals surface area (Å²) in [5.41, 5.74) is 0. The van der Waals surface area contributed by atoms with Crippen molar-refractivity contribution in [2.45, 2.75) is 23.8 Å². The van der Waals surface area contributed by atoms with Gasteiger partial charge in [-0.15, -0.1) is 11.3 Å². The van der Waals surface area contributed by atoms with Crippen molar-refractivity contribution in [3.8, 4) is 0 Å². The molecule has 1 saturated heterocycles. The normalized spacial score (nSPS) is 18.7. The third-order valence-corrected chi connectivity index (χ3v) is 6.26. The number of aromatic nitrogens is 1. The number of thiazole rings is 1. The summed E-state index contributed by atoms with van der Waals surface area (Å²) < 4.78 is 52.7. The molecule has 1 N–H and O–H groups in total. The van der Waals surface area contributed by atoms with Crippen molar-refractivity contribution in [2.24, 2.45) is 0 Å². The lowest BCUT2D eigenvalue weighted by Crippen LogP contribution is -2.43. The van der Waals surface area contributed by atoms with E-state index in [0.717, 1.165) is 16.4 Å². The van der Waals surface area contributed by atoms with Crippen LogP contribution in [-0.2, 0) is 14.8 Å². The molecule has 128 valence electrons. The van der Waals surface area contributed by atoms with Crippen LogP contribution in [0.2, 0.25) is 0 Å². The molecule has 0 radical (unpaired) electrons. The Labute approximate surface area is 141 Å². The van der Waals surface area contributed by atoms with Crippen molar-refractivity contribution in [3.05, 3.63) is 41.4 Å². The van der Waals surface area contributed by atoms with E-state index in [1.807, 2.05) is 0 Å². The second-order valence-corrected chi connectivity index (χ2v) is 7.96. The fourth-order valence-corrected chi connectivity index (χ4v) is 4.74. The third kappa shape index (κ3) is 3.17. The number of carbonyl (C=O) groups excluding carboxylic acids is 1. The Balaban J connectivity index is 1.86. The second kappa shape index (κ2) is 6.54. The van der Waals surface area contributed by atoms with Gasteiger partial charge in [0.1, 0.15) is 6.04 Å². The summed E-state index contributed by atoms with van der Waals surface area (Å²) in [6, 6.07) is 1.45. The van der Waals surface area contributed by atoms with Gasteiger partial charge in [0.25, 0.3) is 0 Å². The Morgan fingerprint density at radius 2 is 2.12 bits per heavy atom. The predicted octanol–water partition coefficient (Wildman–Crippen LogP) is 2.21. The van der Waals surface area contributed by atoms with Gasteiger partial charge in [0.2, 0.25) is 15.9 Å². The smallest absolute Gasteiger partial charge is 0.244 e. The van der Waals surface area contributed by atoms with Crippen molar-refractivity contribution < 1.29 is 22.0 Å². The Morgan fingerprint density at radius 3 is 2.79 bits per heavy atom. The molecule has 0 spiro atoms. The minimum absolute atomic E-state index is 0.136. The molecule has 1 aliphatic heterocycles. The maximum absolute atomic E-state index is 13.4. The van der Waals surface area contributed by atoms with Gasteiger partial charge in [0.05, 0.1) is 4.90 Å². The third-order valence-electron chi connectivity index (χ3n) is 3.67. The average Bonchev–Trinajstić information content (AvgIpc) is 3.20. The van der Waals surface area contributed by atoms with Crippen LogP contribution in [0.4, 0.5) is 13.9 Å². The summed E-state index contributed by atoms with van der Waals surface area (Å²) in [7, 11) is -4.10. The number of rotatable bonds is 4. The molecule has 1 aliphatic rings. The molecule has 2 heterocycles. The highest BCUT2D eigenvalue weighted by molar-refractivity contribution is 7.89. The topological polar surface area (TPSA) is 79.4 Å². The van der Waals surface area contributed by atoms with E-state index in [2.05, 4.69) is 10.3 Å². The Hall–Kier alpha value is -1.91. The van der Waals surface area contributed by atoms with Crippen LogP contribution >= 0.6 is 11.3 Å². The first kappa shape index (κ1) is 16.9. The van der Waals surface area contributed by atoms with Gasteiger partial charge in [-0.1, -0.05) is 0 Å². The van der Waals surface area contributed by atoms with Gasteiger partial charge < -0.3 is 5.32 Å². The van der Waals surface area contributed by atoms with E-state index in [0.29, 0.717) is 24.0 Å². The molecule has 0 unspecified atom stereocenters. The Morgan fingerprint density at radius 1 is 1.33 bits per heavy atom. The monoisotopic (exact) mass is 373 g/mol. The van der Waals surface area contributed by atoms with Crippen LogP contribution in [0.5, 0.6) is 0 Å². The molecule has 3 rings (SSSR count). The fraction of sp³-hybridized carbons (Fsp3) is 0.286. The number of amides is 1. The number of nitrogens with one attached hydrogen (secondary N) is 1. The van der Waals surface area contributed by atoms with Crippen LogP contribution < -0.4 is 5.32 Å². The molecule has 24 heavy (non-hydrogen) atoms. The van der Waals surface area contributed by atoms with Crippen LogP contribution in [0.15, 0.2) is 34.7 Å². The van der Waals surface area contributed by atoms with Crippen LogP contribution in [-0.4, -0.2) is 36.2 Å². The van der Waals surface area contributed by atoms with E-state index in [1.165, 1.54) is 17.5 Å². The first-order chi connectivity index (χ1) is 11.4. The van der Waals surface area contributed by atoms with E-state index in [1.54, 1.807) is 5.38 Å². The first-order valence-corrected chi connectivity index (χ1v) is 9.39. The molecule has 0 aliphatic carbocycles. The van der Waals surface area contributed by atoms with Crippen molar-refractivity contribution >= 4 is 32.4 Å². The molecule has 0 saturated carbocycles. The molecule has 1 aromatic carbocycles. The largest absolute Gasteiger partial charge is 0.301 e. The van der Waals surface area contributed by atoms with E-state index >= 15 is 0 Å². The summed E-state index contributed by atoms with van der Waals surface area (Å²) in [5.74, 6) is -2.87. The van der Waals surface area contributed by atoms with Crippen LogP contribution in [0, 0.1) is 11.6 Å². The number of anilines is 1. The van der Waals surface area contributed by atoms with Gasteiger partial charge in [-0.2, -0.15) is 4.31 Å². The zero-order valence-electron chi connectivity index (χ0n) is 12.3. The Bertz CT molecular complexity index is 856. The fourth-order valence-electron chi connectivity index (χ4n) is 2.54. The molecule has 1 fully saturated rings. The van der Waals surface area contributed by atoms with Crippen LogP contribution in [0.25, 0.3) is 0 Å². The van der Waals surface area contributed by atoms with E-state index in [9.17, 15) is 22.0 Å². The highest BCUT2D eigenvalue weighted by Gasteiger charge is 2.39. The van der Waals surface area contributed by atoms with Gasteiger partial charge in [-0.3, -0.25) is 4.79 Å². The lowest BCUT2D eigenvalue weighted by atomic mass is 10.2. The van der Waals surface area contributed by atoms with E-state index in [-0.39, 0.29) is 11.4 Å². The lowest BCUT2D eigenvalue weighted by Gasteiger charge is -2.23. The SMILES string of the molecule is O=C(Nc1nccs1)[C@@H]1CCCN1S(=O)(=O)c1ccc(F)c(F)c1. The standard InChI is InChI=1S/C14H13F2N3O3S2/c15-10-4-3-9(8-11(10)16)24(21,22)19-6-1-2-12(19)13(20)18-14-17-5-7-23-14/h3-5,7-8,12H,1-2,6H2,(H,17,18,20)/t12-/m0/s1. The van der Waals surface area contributed by atoms with Crippen molar-refractivity contribution in [1.82, 2.24) is 9.29 Å². The van der Waals surface area contributed by atoms with Crippen molar-refractivity contribution in [3.63, 3.8) is 0 Å². The van der Waals surface area contributed by atoms with Crippen LogP contribution in [0.1, 0.15) is 12.8 Å². The lowest BCUT2D eigenvalue weighted by molar-refractivity contribution is -0.119. The molecule has 2 aromatic rings. The van der Waals surface area contributed by atoms with Gasteiger partial charge in [0, 0.05) is 18.1 Å². The van der Waals surface area contributed by atoms with E-state index < -0.39 is 33.6 Å². The summed E-state index contributed by atoms with van der Waals surface area (Å²) in [6.45, 7) is 0.136. The number of nitrogens with zero attached hydrogens (tertiary/aromatic N) is 2. The molecular weight excluding hydrogens is 360 g/mol. The molecular formula is C14H13F2N3O3S2. The molecule has 1 atom stereocenters. The van der Waals surface area contributed by atoms with Gasteiger partial charge in [-0.25, -0.2) is 22.2 Å². The summed E-state index contributed by atoms with van der Waals surface area (Å²) in [6.07, 6.45) is 2.36. The quantitative estimate of drug-likeness (QED) is 0.891. The number of sulfonamides is 1. The summed E-state index contributed by atoms with van der Waals surface area (Å²) in [5, 5.41) is 4.62. The predicted molar refractivity (Wildman–Crippen MR) is 84.0 cm³/mol. The molecule has 1 amide bonds. The summed E-state index contributed by atoms with van der Waals surface area (Å²) in [4.78, 5) is 15.9. The molecule has 10 heteroatoms. The molecule has 1 aromatic heterocycles. The zero-order chi connectivity index (χ0) is 17.3. The first-order valence-electron chi connectivity index (χ1n) is 7.07. The molecule has 6 nitrogen and oxygen atoms in total. The maximum atomic E-state index is 13.4. The minimum Gasteiger partial charge on any atom is -0.301 e. The second-order valence-electron chi connectivity index (χ2n) is 5.18. The minimum atomic E-state index is -4.10. The van der Waals surface area contributed by atoms with Crippen LogP contribution in [0.3, 0.4) is 0 Å². The number of hydrogen-bond donors (Lipinski definition) is 1. The number of halogens is 2. The highest BCUT2D eigenvalue weighted by Crippen LogP contribution is 2.28. The van der Waals surface area contributed by atoms with Gasteiger partial charge in [0.15, 0.2) is 16.8 Å². The number of benzene rings is 1. The Kier molecular flexibility index (Phi) is 4.61. The van der Waals surface area contributed by atoms with Gasteiger partial charge in [-0.05, 0) is 31.0 Å². The zero-order valence-corrected chi connectivity index (χ0v) is 13.9. The van der Waals surface area contributed by atoms with Crippen molar-refractivity contribution in [2.75, 3.05) is 11.9 Å². The number of carbonyl (C=O) groups is 1. The summed E-state index contributed by atoms with van der Waals surface area (Å²) >= 11 is 1.22. The molecule has 0 bridgehead atoms. The number of hydrogen-bond acceptors (Lipinski definition) is 5. The highest BCUT2D eigenvalue weighted by atomic mass is 32.2. The average molecular weight is 373 g/mol. The van der Waals surface area contributed by atoms with Gasteiger partial charge >= 0.3 is 0 Å². The van der Waals surface area contributed by atoms with E-state index in [4.69, 9.17) is 0 Å². The maximum Gasteiger partial charge on any atom is 0.244 e.